The normalized spacial score (nSPS) is 10.9. The van der Waals surface area contributed by atoms with E-state index in [0.717, 1.165) is 41.2 Å². The molecule has 0 saturated carbocycles. The van der Waals surface area contributed by atoms with Gasteiger partial charge in [0.05, 0.1) is 12.3 Å². The highest BCUT2D eigenvalue weighted by molar-refractivity contribution is 7.98. The number of thiocarbonyl (C=S) groups is 2. The molecule has 2 N–H and O–H groups in total. The Balaban J connectivity index is 0.000000947. The third-order valence-electron chi connectivity index (χ3n) is 9.24. The Morgan fingerprint density at radius 3 is 1.71 bits per heavy atom. The quantitative estimate of drug-likeness (QED) is 0.0499. The molecule has 3 aromatic rings. The molecule has 9 heteroatoms. The number of aryl methyl sites for hydroxylation is 4. The summed E-state index contributed by atoms with van der Waals surface area (Å²) in [5, 5.41) is 12.1. The molecule has 3 aromatic carbocycles. The highest BCUT2D eigenvalue weighted by Gasteiger charge is 2.07. The molecule has 0 spiro atoms. The summed E-state index contributed by atoms with van der Waals surface area (Å²) in [5.41, 5.74) is 5.54. The van der Waals surface area contributed by atoms with Gasteiger partial charge in [-0.15, -0.1) is 11.8 Å². The number of hydrogen-bond donors (Lipinski definition) is 2. The fraction of sp³-hybridized carbons (Fsp3) is 0.592. The van der Waals surface area contributed by atoms with Crippen molar-refractivity contribution in [2.45, 2.75) is 176 Å². The minimum absolute atomic E-state index is 0.453. The third kappa shape index (κ3) is 30.6. The number of thioether (sulfide) groups is 1. The zero-order valence-electron chi connectivity index (χ0n) is 37.7. The average Bonchev–Trinajstić information content (AvgIpc) is 3.19. The van der Waals surface area contributed by atoms with Gasteiger partial charge in [0.1, 0.15) is 11.5 Å². The predicted octanol–water partition coefficient (Wildman–Crippen LogP) is 15.9. The minimum Gasteiger partial charge on any atom is -0.507 e. The monoisotopic (exact) mass is 873 g/mol. The van der Waals surface area contributed by atoms with E-state index >= 15 is 0 Å². The molecule has 0 amide bonds. The number of hydrogen-bond acceptors (Lipinski definition) is 7. The maximum atomic E-state index is 12.2. The van der Waals surface area contributed by atoms with Crippen LogP contribution in [0.1, 0.15) is 167 Å². The molecule has 328 valence electrons. The maximum Gasteiger partial charge on any atom is 0.316 e. The summed E-state index contributed by atoms with van der Waals surface area (Å²) in [7, 11) is 0. The van der Waals surface area contributed by atoms with E-state index in [0.29, 0.717) is 22.5 Å². The lowest BCUT2D eigenvalue weighted by Crippen LogP contribution is -2.11. The number of anilines is 1. The van der Waals surface area contributed by atoms with Crippen molar-refractivity contribution >= 4 is 63.6 Å². The summed E-state index contributed by atoms with van der Waals surface area (Å²) in [4.78, 5) is 1.01. The molecule has 0 aliphatic heterocycles. The SMILES string of the molecule is CC(=S)OCC(C)C.CC=S.CCCCCCCCCCCCc1ccc(OS(=O)Nc2ccccc2C)cc1.CCCCCCCCc1cc(C)c(O)c(SC)c1. The molecule has 0 fully saturated rings. The molecule has 5 nitrogen and oxygen atoms in total. The zero-order valence-corrected chi connectivity index (χ0v) is 40.9. The molecule has 0 bridgehead atoms. The summed E-state index contributed by atoms with van der Waals surface area (Å²) >= 11 is 8.98. The van der Waals surface area contributed by atoms with E-state index in [4.69, 9.17) is 21.1 Å². The van der Waals surface area contributed by atoms with Crippen LogP contribution in [0.5, 0.6) is 11.5 Å². The van der Waals surface area contributed by atoms with Gasteiger partial charge in [-0.05, 0) is 123 Å². The summed E-state index contributed by atoms with van der Waals surface area (Å²) < 4.78 is 25.6. The zero-order chi connectivity index (χ0) is 43.4. The van der Waals surface area contributed by atoms with Gasteiger partial charge in [0.2, 0.25) is 0 Å². The first-order chi connectivity index (χ1) is 27.9. The first-order valence-electron chi connectivity index (χ1n) is 21.8. The largest absolute Gasteiger partial charge is 0.507 e. The number of rotatable bonds is 25. The molecule has 3 rings (SSSR count). The molecule has 0 radical (unpaired) electrons. The Labute approximate surface area is 373 Å². The van der Waals surface area contributed by atoms with Crippen molar-refractivity contribution in [3.8, 4) is 11.5 Å². The van der Waals surface area contributed by atoms with Crippen LogP contribution >= 0.6 is 36.2 Å². The van der Waals surface area contributed by atoms with Crippen LogP contribution in [-0.4, -0.2) is 32.6 Å². The average molecular weight is 874 g/mol. The lowest BCUT2D eigenvalue weighted by Gasteiger charge is -2.09. The van der Waals surface area contributed by atoms with Gasteiger partial charge in [0, 0.05) is 11.8 Å². The second kappa shape index (κ2) is 37.5. The van der Waals surface area contributed by atoms with Gasteiger partial charge in [-0.3, -0.25) is 4.72 Å². The van der Waals surface area contributed by atoms with E-state index in [9.17, 15) is 9.32 Å². The molecule has 0 aliphatic carbocycles. The number of benzene rings is 3. The summed E-state index contributed by atoms with van der Waals surface area (Å²) in [5.74, 6) is 1.65. The second-order valence-corrected chi connectivity index (χ2v) is 18.0. The Bertz CT molecular complexity index is 1500. The van der Waals surface area contributed by atoms with Crippen LogP contribution in [0.25, 0.3) is 0 Å². The molecule has 1 unspecified atom stereocenters. The molecule has 1 atom stereocenters. The maximum absolute atomic E-state index is 12.2. The van der Waals surface area contributed by atoms with Crippen molar-refractivity contribution in [3.63, 3.8) is 0 Å². The van der Waals surface area contributed by atoms with Gasteiger partial charge in [0.25, 0.3) is 0 Å². The number of phenols is 1. The minimum atomic E-state index is -1.60. The van der Waals surface area contributed by atoms with Crippen molar-refractivity contribution in [2.75, 3.05) is 17.6 Å². The van der Waals surface area contributed by atoms with Crippen LogP contribution in [0.15, 0.2) is 65.6 Å². The molecule has 0 heterocycles. The molecule has 0 saturated heterocycles. The van der Waals surface area contributed by atoms with E-state index < -0.39 is 11.3 Å². The van der Waals surface area contributed by atoms with Crippen LogP contribution in [0.2, 0.25) is 0 Å². The third-order valence-corrected chi connectivity index (χ3v) is 10.8. The van der Waals surface area contributed by atoms with E-state index in [1.165, 1.54) is 114 Å². The van der Waals surface area contributed by atoms with Gasteiger partial charge < -0.3 is 14.0 Å². The number of aromatic hydroxyl groups is 1. The summed E-state index contributed by atoms with van der Waals surface area (Å²) in [6, 6.07) is 20.0. The van der Waals surface area contributed by atoms with Crippen molar-refractivity contribution in [3.05, 3.63) is 82.9 Å². The van der Waals surface area contributed by atoms with Crippen LogP contribution in [0, 0.1) is 19.8 Å². The first-order valence-corrected chi connectivity index (χ1v) is 25.0. The van der Waals surface area contributed by atoms with Gasteiger partial charge >= 0.3 is 11.3 Å². The van der Waals surface area contributed by atoms with E-state index in [1.54, 1.807) is 24.1 Å². The number of unbranched alkanes of at least 4 members (excludes halogenated alkanes) is 14. The van der Waals surface area contributed by atoms with Crippen molar-refractivity contribution in [1.82, 2.24) is 0 Å². The lowest BCUT2D eigenvalue weighted by molar-refractivity contribution is 0.263. The smallest absolute Gasteiger partial charge is 0.316 e. The van der Waals surface area contributed by atoms with E-state index in [2.05, 4.69) is 68.9 Å². The second-order valence-electron chi connectivity index (χ2n) is 15.2. The van der Waals surface area contributed by atoms with Gasteiger partial charge in [0.15, 0.2) is 5.05 Å². The van der Waals surface area contributed by atoms with Gasteiger partial charge in [-0.1, -0.05) is 166 Å². The van der Waals surface area contributed by atoms with Crippen molar-refractivity contribution in [1.29, 1.82) is 0 Å². The molecule has 0 aromatic heterocycles. The van der Waals surface area contributed by atoms with Crippen LogP contribution in [0.4, 0.5) is 5.69 Å². The van der Waals surface area contributed by atoms with Gasteiger partial charge in [-0.2, -0.15) is 4.21 Å². The Kier molecular flexibility index (Phi) is 35.9. The summed E-state index contributed by atoms with van der Waals surface area (Å²) in [6.07, 6.45) is 25.9. The Morgan fingerprint density at radius 1 is 0.776 bits per heavy atom. The molecule has 0 aliphatic rings. The number of phenolic OH excluding ortho intramolecular Hbond substituents is 1. The Morgan fingerprint density at radius 2 is 1.26 bits per heavy atom. The highest BCUT2D eigenvalue weighted by Crippen LogP contribution is 2.31. The fourth-order valence-electron chi connectivity index (χ4n) is 5.93. The number of ether oxygens (including phenoxy) is 1. The van der Waals surface area contributed by atoms with E-state index in [-0.39, 0.29) is 0 Å². The van der Waals surface area contributed by atoms with Crippen LogP contribution in [-0.2, 0) is 28.8 Å². The first kappa shape index (κ1) is 55.5. The highest BCUT2D eigenvalue weighted by atomic mass is 32.2. The lowest BCUT2D eigenvalue weighted by atomic mass is 10.0. The molecular formula is C49H79NO4S4. The fourth-order valence-corrected chi connectivity index (χ4v) is 7.35. The Hall–Kier alpha value is -2.46. The topological polar surface area (TPSA) is 67.8 Å². The van der Waals surface area contributed by atoms with Crippen LogP contribution < -0.4 is 8.91 Å². The standard InChI is InChI=1S/C25H37NO2S.C16H26OS.C6H12OS.C2H4S/c1-3-4-5-6-7-8-9-10-11-12-16-23-18-20-24(21-19-23)28-29(27)26-25-17-14-13-15-22(25)2;1-4-5-6-7-8-9-10-14-11-13(2)16(17)15(12-14)18-3;1-5(2)4-7-6(3)8;1-2-3/h13-15,17-21,26H,3-12,16H2,1-2H3;11-12,17H,4-10H2,1-3H3;5H,4H2,1-3H3;2H,1H3. The van der Waals surface area contributed by atoms with Crippen molar-refractivity contribution in [2.24, 2.45) is 5.92 Å². The number of para-hydroxylation sites is 1. The number of nitrogens with one attached hydrogen (secondary N) is 1. The van der Waals surface area contributed by atoms with Gasteiger partial charge in [-0.25, -0.2) is 0 Å². The van der Waals surface area contributed by atoms with E-state index in [1.807, 2.05) is 63.4 Å². The summed E-state index contributed by atoms with van der Waals surface area (Å²) in [6.45, 7) is 17.0. The predicted molar refractivity (Wildman–Crippen MR) is 266 cm³/mol. The van der Waals surface area contributed by atoms with Crippen molar-refractivity contribution < 1.29 is 18.2 Å². The molecular weight excluding hydrogens is 795 g/mol. The molecule has 58 heavy (non-hydrogen) atoms. The van der Waals surface area contributed by atoms with Crippen LogP contribution in [0.3, 0.4) is 0 Å².